The highest BCUT2D eigenvalue weighted by Gasteiger charge is 2.30. The molecule has 9 heteroatoms. The van der Waals surface area contributed by atoms with Crippen molar-refractivity contribution in [1.29, 1.82) is 0 Å². The van der Waals surface area contributed by atoms with Gasteiger partial charge < -0.3 is 9.47 Å². The van der Waals surface area contributed by atoms with Crippen LogP contribution < -0.4 is 9.46 Å². The first-order valence-corrected chi connectivity index (χ1v) is 9.15. The Morgan fingerprint density at radius 1 is 1.08 bits per heavy atom. The molecule has 0 spiro atoms. The topological polar surface area (TPSA) is 94.1 Å². The van der Waals surface area contributed by atoms with E-state index in [0.29, 0.717) is 5.56 Å². The molecule has 0 fully saturated rings. The number of amidine groups is 1. The summed E-state index contributed by atoms with van der Waals surface area (Å²) in [6.07, 6.45) is 0. The number of hydrogen-bond acceptors (Lipinski definition) is 6. The van der Waals surface area contributed by atoms with Crippen molar-refractivity contribution in [2.24, 2.45) is 4.99 Å². The largest absolute Gasteiger partial charge is 0.487 e. The van der Waals surface area contributed by atoms with Gasteiger partial charge in [0.2, 0.25) is 0 Å². The maximum Gasteiger partial charge on any atom is 0.327 e. The molecule has 3 rings (SSSR count). The molecule has 0 aliphatic carbocycles. The smallest absolute Gasteiger partial charge is 0.327 e. The molecule has 0 saturated heterocycles. The van der Waals surface area contributed by atoms with Crippen LogP contribution in [0.15, 0.2) is 58.4 Å². The average Bonchev–Trinajstić information content (AvgIpc) is 2.89. The van der Waals surface area contributed by atoms with E-state index in [2.05, 4.69) is 9.71 Å². The van der Waals surface area contributed by atoms with Crippen molar-refractivity contribution >= 4 is 21.8 Å². The molecule has 1 aliphatic heterocycles. The maximum atomic E-state index is 13.3. The molecule has 2 aromatic carbocycles. The van der Waals surface area contributed by atoms with Gasteiger partial charge in [0, 0.05) is 5.56 Å². The molecular weight excluding hydrogens is 363 g/mol. The van der Waals surface area contributed by atoms with Crippen LogP contribution in [0.25, 0.3) is 0 Å². The second-order valence-electron chi connectivity index (χ2n) is 5.27. The predicted molar refractivity (Wildman–Crippen MR) is 91.0 cm³/mol. The number of benzene rings is 2. The first-order chi connectivity index (χ1) is 12.5. The fraction of sp³-hybridized carbons (Fsp3) is 0.176. The number of carbonyl (C=O) groups excluding carboxylic acids is 1. The normalized spacial score (nSPS) is 16.0. The van der Waals surface area contributed by atoms with E-state index in [1.807, 2.05) is 0 Å². The number of para-hydroxylation sites is 1. The van der Waals surface area contributed by atoms with Crippen LogP contribution in [0.5, 0.6) is 5.75 Å². The molecule has 0 bridgehead atoms. The summed E-state index contributed by atoms with van der Waals surface area (Å²) in [6, 6.07) is 12.2. The minimum Gasteiger partial charge on any atom is -0.487 e. The van der Waals surface area contributed by atoms with Gasteiger partial charge in [-0.1, -0.05) is 24.3 Å². The number of hydrogen-bond donors (Lipinski definition) is 1. The molecule has 2 aromatic rings. The molecule has 1 aliphatic rings. The zero-order chi connectivity index (χ0) is 18.6. The molecule has 0 amide bonds. The van der Waals surface area contributed by atoms with Crippen LogP contribution >= 0.6 is 0 Å². The van der Waals surface area contributed by atoms with Crippen molar-refractivity contribution in [3.8, 4) is 5.75 Å². The Morgan fingerprint density at radius 2 is 1.81 bits per heavy atom. The minimum atomic E-state index is -3.65. The number of halogens is 1. The highest BCUT2D eigenvalue weighted by Crippen LogP contribution is 2.22. The lowest BCUT2D eigenvalue weighted by Crippen LogP contribution is -2.23. The van der Waals surface area contributed by atoms with Gasteiger partial charge in [-0.2, -0.15) is 0 Å². The summed E-state index contributed by atoms with van der Waals surface area (Å²) in [7, 11) is -3.65. The van der Waals surface area contributed by atoms with Gasteiger partial charge in [-0.05, 0) is 24.3 Å². The third-order valence-corrected chi connectivity index (χ3v) is 4.87. The van der Waals surface area contributed by atoms with Crippen LogP contribution in [0.2, 0.25) is 0 Å². The van der Waals surface area contributed by atoms with Gasteiger partial charge in [-0.3, -0.25) is 14.5 Å². The number of fused-ring (bicyclic) bond motifs is 1. The van der Waals surface area contributed by atoms with Crippen molar-refractivity contribution in [3.05, 3.63) is 59.9 Å². The fourth-order valence-corrected chi connectivity index (χ4v) is 3.56. The summed E-state index contributed by atoms with van der Waals surface area (Å²) >= 11 is 0. The quantitative estimate of drug-likeness (QED) is 0.607. The van der Waals surface area contributed by atoms with Crippen LogP contribution in [0, 0.1) is 5.82 Å². The average molecular weight is 378 g/mol. The Kier molecular flexibility index (Phi) is 5.17. The molecule has 136 valence electrons. The highest BCUT2D eigenvalue weighted by molar-refractivity contribution is 7.90. The molecule has 0 unspecified atom stereocenters. The molecule has 26 heavy (non-hydrogen) atoms. The number of nitrogens with zero attached hydrogens (tertiary/aromatic N) is 1. The standard InChI is InChI=1S/C17H15FN2O5S/c18-13-6-2-3-7-14(13)24-9-10-25-16(21)11-19-17-12-5-1-4-8-15(12)26(22,23)20-17/h1-8H,9-11H2,(H,19,20). The van der Waals surface area contributed by atoms with Crippen molar-refractivity contribution in [1.82, 2.24) is 4.72 Å². The van der Waals surface area contributed by atoms with E-state index in [1.165, 1.54) is 24.3 Å². The van der Waals surface area contributed by atoms with Gasteiger partial charge in [0.05, 0.1) is 4.90 Å². The molecule has 1 N–H and O–H groups in total. The van der Waals surface area contributed by atoms with E-state index in [4.69, 9.17) is 9.47 Å². The van der Waals surface area contributed by atoms with Gasteiger partial charge in [0.1, 0.15) is 25.6 Å². The van der Waals surface area contributed by atoms with Crippen molar-refractivity contribution in [2.45, 2.75) is 4.90 Å². The summed E-state index contributed by atoms with van der Waals surface area (Å²) in [5.41, 5.74) is 0.406. The maximum absolute atomic E-state index is 13.3. The zero-order valence-corrected chi connectivity index (χ0v) is 14.3. The lowest BCUT2D eigenvalue weighted by molar-refractivity contribution is -0.142. The van der Waals surface area contributed by atoms with Crippen LogP contribution in [0.4, 0.5) is 4.39 Å². The highest BCUT2D eigenvalue weighted by atomic mass is 32.2. The van der Waals surface area contributed by atoms with E-state index in [9.17, 15) is 17.6 Å². The van der Waals surface area contributed by atoms with Gasteiger partial charge in [0.15, 0.2) is 11.6 Å². The molecule has 1 heterocycles. The zero-order valence-electron chi connectivity index (χ0n) is 13.5. The van der Waals surface area contributed by atoms with Crippen LogP contribution in [-0.2, 0) is 19.6 Å². The van der Waals surface area contributed by atoms with E-state index >= 15 is 0 Å². The number of esters is 1. The third kappa shape index (κ3) is 3.99. The summed E-state index contributed by atoms with van der Waals surface area (Å²) in [4.78, 5) is 15.8. The first-order valence-electron chi connectivity index (χ1n) is 7.67. The summed E-state index contributed by atoms with van der Waals surface area (Å²) < 4.78 is 49.6. The number of nitrogens with one attached hydrogen (secondary N) is 1. The number of rotatable bonds is 6. The van der Waals surface area contributed by atoms with Crippen molar-refractivity contribution < 1.29 is 27.1 Å². The summed E-state index contributed by atoms with van der Waals surface area (Å²) in [6.45, 7) is -0.453. The molecule has 0 atom stereocenters. The molecule has 0 aromatic heterocycles. The van der Waals surface area contributed by atoms with E-state index < -0.39 is 21.8 Å². The SMILES string of the molecule is O=C(CN=C1NS(=O)(=O)c2ccccc21)OCCOc1ccccc1F. The lowest BCUT2D eigenvalue weighted by Gasteiger charge is -2.07. The van der Waals surface area contributed by atoms with E-state index in [-0.39, 0.29) is 36.2 Å². The van der Waals surface area contributed by atoms with Gasteiger partial charge >= 0.3 is 5.97 Å². The Labute approximate surface area is 149 Å². The summed E-state index contributed by atoms with van der Waals surface area (Å²) in [5.74, 6) is -0.989. The predicted octanol–water partition coefficient (Wildman–Crippen LogP) is 1.49. The number of ether oxygens (including phenoxy) is 2. The lowest BCUT2D eigenvalue weighted by atomic mass is 10.2. The molecule has 7 nitrogen and oxygen atoms in total. The Hall–Kier alpha value is -2.94. The number of sulfonamides is 1. The fourth-order valence-electron chi connectivity index (χ4n) is 2.31. The molecule has 0 radical (unpaired) electrons. The number of aliphatic imine (C=N–C) groups is 1. The van der Waals surface area contributed by atoms with E-state index in [0.717, 1.165) is 0 Å². The second-order valence-corrected chi connectivity index (χ2v) is 6.92. The van der Waals surface area contributed by atoms with Crippen molar-refractivity contribution in [3.63, 3.8) is 0 Å². The van der Waals surface area contributed by atoms with Gasteiger partial charge in [-0.15, -0.1) is 0 Å². The van der Waals surface area contributed by atoms with Gasteiger partial charge in [0.25, 0.3) is 10.0 Å². The molecule has 0 saturated carbocycles. The van der Waals surface area contributed by atoms with Crippen LogP contribution in [0.3, 0.4) is 0 Å². The Bertz CT molecular complexity index is 959. The summed E-state index contributed by atoms with van der Waals surface area (Å²) in [5, 5.41) is 0. The molecular formula is C17H15FN2O5S. The third-order valence-electron chi connectivity index (χ3n) is 3.47. The van der Waals surface area contributed by atoms with Crippen LogP contribution in [0.1, 0.15) is 5.56 Å². The van der Waals surface area contributed by atoms with Gasteiger partial charge in [-0.25, -0.2) is 12.8 Å². The Balaban J connectivity index is 1.50. The number of carbonyl (C=O) groups is 1. The van der Waals surface area contributed by atoms with Crippen LogP contribution in [-0.4, -0.2) is 40.0 Å². The first kappa shape index (κ1) is 17.9. The van der Waals surface area contributed by atoms with Crippen molar-refractivity contribution in [2.75, 3.05) is 19.8 Å². The van der Waals surface area contributed by atoms with E-state index in [1.54, 1.807) is 24.3 Å². The monoisotopic (exact) mass is 378 g/mol. The second kappa shape index (κ2) is 7.52. The Morgan fingerprint density at radius 3 is 2.62 bits per heavy atom. The minimum absolute atomic E-state index is 0.0152.